The molecule has 0 aliphatic rings. The first-order valence-corrected chi connectivity index (χ1v) is 5.98. The summed E-state index contributed by atoms with van der Waals surface area (Å²) < 4.78 is 10.3. The van der Waals surface area contributed by atoms with E-state index < -0.39 is 0 Å². The zero-order chi connectivity index (χ0) is 13.7. The van der Waals surface area contributed by atoms with Gasteiger partial charge in [-0.25, -0.2) is 0 Å². The molecular formula is C13H13ClN2O3. The van der Waals surface area contributed by atoms with E-state index in [-0.39, 0.29) is 19.1 Å². The van der Waals surface area contributed by atoms with Crippen LogP contribution in [0.4, 0.5) is 11.4 Å². The van der Waals surface area contributed by atoms with Gasteiger partial charge in [0.15, 0.2) is 0 Å². The average molecular weight is 281 g/mol. The largest absolute Gasteiger partial charge is 0.467 e. The van der Waals surface area contributed by atoms with Gasteiger partial charge in [0, 0.05) is 5.69 Å². The molecule has 0 radical (unpaired) electrons. The molecule has 0 aliphatic carbocycles. The molecular weight excluding hydrogens is 268 g/mol. The minimum absolute atomic E-state index is 0.0914. The molecule has 3 N–H and O–H groups in total. The summed E-state index contributed by atoms with van der Waals surface area (Å²) in [4.78, 5) is 11.6. The number of halogens is 1. The third kappa shape index (κ3) is 4.01. The fourth-order valence-corrected chi connectivity index (χ4v) is 1.63. The van der Waals surface area contributed by atoms with E-state index in [1.807, 2.05) is 0 Å². The summed E-state index contributed by atoms with van der Waals surface area (Å²) in [5.74, 6) is 0.355. The van der Waals surface area contributed by atoms with E-state index in [0.29, 0.717) is 22.2 Å². The summed E-state index contributed by atoms with van der Waals surface area (Å²) in [6.45, 7) is 0.150. The number of rotatable bonds is 5. The van der Waals surface area contributed by atoms with Gasteiger partial charge in [-0.05, 0) is 30.3 Å². The summed E-state index contributed by atoms with van der Waals surface area (Å²) in [6.07, 6.45) is 1.55. The Balaban J connectivity index is 1.82. The van der Waals surface area contributed by atoms with Crippen LogP contribution in [-0.2, 0) is 16.1 Å². The first-order chi connectivity index (χ1) is 9.15. The standard InChI is InChI=1S/C13H13ClN2O3/c14-11-4-3-9(15)6-12(11)16-13(17)8-18-7-10-2-1-5-19-10/h1-6H,7-8,15H2,(H,16,17). The molecule has 1 aromatic heterocycles. The van der Waals surface area contributed by atoms with E-state index >= 15 is 0 Å². The van der Waals surface area contributed by atoms with Gasteiger partial charge in [0.25, 0.3) is 0 Å². The van der Waals surface area contributed by atoms with Gasteiger partial charge in [-0.1, -0.05) is 11.6 Å². The van der Waals surface area contributed by atoms with E-state index in [1.54, 1.807) is 36.6 Å². The maximum atomic E-state index is 11.6. The molecule has 0 unspecified atom stereocenters. The molecule has 0 saturated heterocycles. The fraction of sp³-hybridized carbons (Fsp3) is 0.154. The van der Waals surface area contributed by atoms with Crippen LogP contribution >= 0.6 is 11.6 Å². The smallest absolute Gasteiger partial charge is 0.250 e. The van der Waals surface area contributed by atoms with Crippen LogP contribution < -0.4 is 11.1 Å². The molecule has 1 heterocycles. The average Bonchev–Trinajstić information content (AvgIpc) is 2.87. The lowest BCUT2D eigenvalue weighted by atomic mass is 10.3. The Hall–Kier alpha value is -1.98. The molecule has 2 rings (SSSR count). The topological polar surface area (TPSA) is 77.5 Å². The molecule has 2 aromatic rings. The second-order valence-electron chi connectivity index (χ2n) is 3.86. The molecule has 0 bridgehead atoms. The first-order valence-electron chi connectivity index (χ1n) is 5.60. The Morgan fingerprint density at radius 2 is 2.26 bits per heavy atom. The monoisotopic (exact) mass is 280 g/mol. The van der Waals surface area contributed by atoms with Crippen LogP contribution in [0.25, 0.3) is 0 Å². The number of carbonyl (C=O) groups excluding carboxylic acids is 1. The lowest BCUT2D eigenvalue weighted by molar-refractivity contribution is -0.121. The van der Waals surface area contributed by atoms with E-state index in [0.717, 1.165) is 0 Å². The van der Waals surface area contributed by atoms with E-state index in [1.165, 1.54) is 0 Å². The quantitative estimate of drug-likeness (QED) is 0.826. The van der Waals surface area contributed by atoms with Gasteiger partial charge >= 0.3 is 0 Å². The maximum absolute atomic E-state index is 11.6. The van der Waals surface area contributed by atoms with E-state index in [2.05, 4.69) is 5.32 Å². The van der Waals surface area contributed by atoms with Crippen LogP contribution in [0.1, 0.15) is 5.76 Å². The normalized spacial score (nSPS) is 10.4. The predicted molar refractivity (Wildman–Crippen MR) is 72.9 cm³/mol. The molecule has 6 heteroatoms. The second-order valence-corrected chi connectivity index (χ2v) is 4.27. The zero-order valence-electron chi connectivity index (χ0n) is 10.1. The highest BCUT2D eigenvalue weighted by Gasteiger charge is 2.07. The van der Waals surface area contributed by atoms with Crippen molar-refractivity contribution in [2.24, 2.45) is 0 Å². The molecule has 19 heavy (non-hydrogen) atoms. The predicted octanol–water partition coefficient (Wildman–Crippen LogP) is 2.67. The van der Waals surface area contributed by atoms with Crippen molar-refractivity contribution in [1.29, 1.82) is 0 Å². The highest BCUT2D eigenvalue weighted by molar-refractivity contribution is 6.33. The molecule has 5 nitrogen and oxygen atoms in total. The molecule has 0 fully saturated rings. The van der Waals surface area contributed by atoms with Crippen LogP contribution in [0.15, 0.2) is 41.0 Å². The van der Waals surface area contributed by atoms with Crippen LogP contribution in [0, 0.1) is 0 Å². The molecule has 0 atom stereocenters. The van der Waals surface area contributed by atoms with Gasteiger partial charge < -0.3 is 20.2 Å². The van der Waals surface area contributed by atoms with Crippen molar-refractivity contribution in [3.8, 4) is 0 Å². The van der Waals surface area contributed by atoms with Crippen molar-refractivity contribution in [1.82, 2.24) is 0 Å². The minimum Gasteiger partial charge on any atom is -0.467 e. The van der Waals surface area contributed by atoms with Crippen LogP contribution in [0.2, 0.25) is 5.02 Å². The molecule has 0 spiro atoms. The number of hydrogen-bond acceptors (Lipinski definition) is 4. The Labute approximate surface area is 115 Å². The molecule has 1 amide bonds. The molecule has 1 aromatic carbocycles. The van der Waals surface area contributed by atoms with Crippen molar-refractivity contribution in [2.75, 3.05) is 17.7 Å². The highest BCUT2D eigenvalue weighted by Crippen LogP contribution is 2.23. The number of ether oxygens (including phenoxy) is 1. The Morgan fingerprint density at radius 3 is 3.00 bits per heavy atom. The van der Waals surface area contributed by atoms with Crippen molar-refractivity contribution in [3.63, 3.8) is 0 Å². The van der Waals surface area contributed by atoms with Crippen LogP contribution in [0.3, 0.4) is 0 Å². The maximum Gasteiger partial charge on any atom is 0.250 e. The number of anilines is 2. The van der Waals surface area contributed by atoms with Crippen molar-refractivity contribution >= 4 is 28.9 Å². The lowest BCUT2D eigenvalue weighted by Gasteiger charge is -2.08. The number of hydrogen-bond donors (Lipinski definition) is 2. The molecule has 0 saturated carbocycles. The summed E-state index contributed by atoms with van der Waals surface area (Å²) in [5, 5.41) is 3.05. The van der Waals surface area contributed by atoms with Crippen LogP contribution in [-0.4, -0.2) is 12.5 Å². The van der Waals surface area contributed by atoms with Gasteiger partial charge in [-0.15, -0.1) is 0 Å². The third-order valence-corrected chi connectivity index (χ3v) is 2.65. The van der Waals surface area contributed by atoms with Gasteiger partial charge in [0.1, 0.15) is 19.0 Å². The fourth-order valence-electron chi connectivity index (χ4n) is 1.46. The highest BCUT2D eigenvalue weighted by atomic mass is 35.5. The summed E-state index contributed by atoms with van der Waals surface area (Å²) in [5.41, 5.74) is 6.60. The number of nitrogens with one attached hydrogen (secondary N) is 1. The van der Waals surface area contributed by atoms with Crippen molar-refractivity contribution in [3.05, 3.63) is 47.4 Å². The van der Waals surface area contributed by atoms with Gasteiger partial charge in [0.2, 0.25) is 5.91 Å². The number of benzene rings is 1. The van der Waals surface area contributed by atoms with Crippen molar-refractivity contribution < 1.29 is 13.9 Å². The number of carbonyl (C=O) groups is 1. The first kappa shape index (κ1) is 13.5. The summed E-state index contributed by atoms with van der Waals surface area (Å²) >= 11 is 5.93. The summed E-state index contributed by atoms with van der Waals surface area (Å²) in [6, 6.07) is 8.40. The van der Waals surface area contributed by atoms with E-state index in [4.69, 9.17) is 26.5 Å². The van der Waals surface area contributed by atoms with Crippen LogP contribution in [0.5, 0.6) is 0 Å². The van der Waals surface area contributed by atoms with Gasteiger partial charge in [-0.2, -0.15) is 0 Å². The lowest BCUT2D eigenvalue weighted by Crippen LogP contribution is -2.18. The minimum atomic E-state index is -0.306. The molecule has 0 aliphatic heterocycles. The van der Waals surface area contributed by atoms with Gasteiger partial charge in [-0.3, -0.25) is 4.79 Å². The number of amides is 1. The number of furan rings is 1. The zero-order valence-corrected chi connectivity index (χ0v) is 10.8. The number of nitrogen functional groups attached to an aromatic ring is 1. The van der Waals surface area contributed by atoms with Gasteiger partial charge in [0.05, 0.1) is 17.0 Å². The van der Waals surface area contributed by atoms with Crippen molar-refractivity contribution in [2.45, 2.75) is 6.61 Å². The Kier molecular flexibility index (Phi) is 4.43. The van der Waals surface area contributed by atoms with E-state index in [9.17, 15) is 4.79 Å². The Morgan fingerprint density at radius 1 is 1.42 bits per heavy atom. The Bertz CT molecular complexity index is 555. The SMILES string of the molecule is Nc1ccc(Cl)c(NC(=O)COCc2ccco2)c1. The second kappa shape index (κ2) is 6.26. The number of nitrogens with two attached hydrogens (primary N) is 1. The summed E-state index contributed by atoms with van der Waals surface area (Å²) in [7, 11) is 0. The molecule has 100 valence electrons. The third-order valence-electron chi connectivity index (χ3n) is 2.32.